The number of phenolic OH excluding ortho intramolecular Hbond substituents is 1. The molecule has 0 saturated heterocycles. The first-order valence-corrected chi connectivity index (χ1v) is 28.7. The van der Waals surface area contributed by atoms with Gasteiger partial charge in [-0.3, -0.25) is 9.52 Å². The van der Waals surface area contributed by atoms with Gasteiger partial charge in [-0.25, -0.2) is 30.0 Å². The number of fused-ring (bicyclic) bond motifs is 2. The van der Waals surface area contributed by atoms with Gasteiger partial charge >= 0.3 is 0 Å². The summed E-state index contributed by atoms with van der Waals surface area (Å²) in [6.45, 7) is 20.0. The quantitative estimate of drug-likeness (QED) is 0.0317. The molecule has 1 amide bonds. The Labute approximate surface area is 424 Å². The lowest BCUT2D eigenvalue weighted by Crippen LogP contribution is -2.50. The molecule has 0 spiro atoms. The van der Waals surface area contributed by atoms with Crippen LogP contribution in [0, 0.1) is 0 Å². The summed E-state index contributed by atoms with van der Waals surface area (Å²) in [5.41, 5.74) is 6.50. The number of aliphatic hydroxyl groups excluding tert-OH is 1. The minimum atomic E-state index is -4.46. The van der Waals surface area contributed by atoms with Crippen molar-refractivity contribution in [1.29, 1.82) is 0 Å². The maximum Gasteiger partial charge on any atom is 0.247 e. The third kappa shape index (κ3) is 11.9. The van der Waals surface area contributed by atoms with Crippen molar-refractivity contribution in [3.8, 4) is 11.5 Å². The number of rotatable bonds is 20. The second kappa shape index (κ2) is 20.7. The molecule has 1 aliphatic carbocycles. The van der Waals surface area contributed by atoms with Crippen LogP contribution >= 0.6 is 0 Å². The van der Waals surface area contributed by atoms with E-state index in [4.69, 9.17) is 10.5 Å². The Morgan fingerprint density at radius 2 is 1.46 bits per heavy atom. The van der Waals surface area contributed by atoms with Crippen LogP contribution in [0.5, 0.6) is 11.5 Å². The Balaban J connectivity index is 1.35. The average molecular weight is 1050 g/mol. The monoisotopic (exact) mass is 1040 g/mol. The molecule has 16 nitrogen and oxygen atoms in total. The topological polar surface area (TPSA) is 256 Å². The van der Waals surface area contributed by atoms with E-state index in [-0.39, 0.29) is 61.1 Å². The minimum Gasteiger partial charge on any atom is -0.506 e. The predicted molar refractivity (Wildman–Crippen MR) is 282 cm³/mol. The fourth-order valence-corrected chi connectivity index (χ4v) is 12.5. The van der Waals surface area contributed by atoms with Gasteiger partial charge in [0.1, 0.15) is 22.5 Å². The van der Waals surface area contributed by atoms with Gasteiger partial charge in [0, 0.05) is 21.9 Å². The Kier molecular flexibility index (Phi) is 16.0. The number of carbonyl (C=O) groups is 1. The number of aromatic hydroxyl groups is 1. The zero-order chi connectivity index (χ0) is 53.4. The third-order valence-electron chi connectivity index (χ3n) is 13.6. The number of carbonyl (C=O) groups excluding carboxylic acids is 1. The lowest BCUT2D eigenvalue weighted by Gasteiger charge is -2.43. The highest BCUT2D eigenvalue weighted by atomic mass is 32.2. The average Bonchev–Trinajstić information content (AvgIpc) is 3.29. The van der Waals surface area contributed by atoms with E-state index >= 15 is 0 Å². The van der Waals surface area contributed by atoms with Gasteiger partial charge in [0.05, 0.1) is 45.9 Å². The van der Waals surface area contributed by atoms with E-state index in [2.05, 4.69) is 78.1 Å². The van der Waals surface area contributed by atoms with Crippen molar-refractivity contribution in [2.24, 2.45) is 16.0 Å². The number of aliphatic hydroxyl groups is 1. The highest BCUT2D eigenvalue weighted by Gasteiger charge is 2.47. The number of nitrogens with two attached hydrogens (primary N) is 1. The summed E-state index contributed by atoms with van der Waals surface area (Å²) in [5.74, 6) is -0.755. The molecule has 0 radical (unpaired) electrons. The number of ether oxygens (including phenoxy) is 1. The van der Waals surface area contributed by atoms with E-state index in [1.165, 1.54) is 48.0 Å². The van der Waals surface area contributed by atoms with Gasteiger partial charge in [0.2, 0.25) is 36.0 Å². The summed E-state index contributed by atoms with van der Waals surface area (Å²) in [4.78, 5) is 12.4. The summed E-state index contributed by atoms with van der Waals surface area (Å²) >= 11 is 0. The Hall–Kier alpha value is -5.70. The number of anilines is 1. The second-order valence-electron chi connectivity index (χ2n) is 20.8. The number of hydrogen-bond donors (Lipinski definition) is 6. The summed E-state index contributed by atoms with van der Waals surface area (Å²) in [5, 5.41) is 31.4. The van der Waals surface area contributed by atoms with Crippen LogP contribution in [-0.4, -0.2) is 59.8 Å². The number of sulfonamides is 3. The Bertz CT molecular complexity index is 3290. The number of amides is 1. The molecular weight excluding hydrogens is 977 g/mol. The van der Waals surface area contributed by atoms with Crippen molar-refractivity contribution >= 4 is 63.8 Å². The molecule has 5 aromatic rings. The van der Waals surface area contributed by atoms with Crippen molar-refractivity contribution in [2.45, 2.75) is 139 Å². The molecule has 19 heteroatoms. The summed E-state index contributed by atoms with van der Waals surface area (Å²) in [6, 6.07) is 23.9. The van der Waals surface area contributed by atoms with Gasteiger partial charge in [-0.2, -0.15) is 9.84 Å². The molecule has 0 saturated carbocycles. The molecule has 7 N–H and O–H groups in total. The Morgan fingerprint density at radius 3 is 2.07 bits per heavy atom. The standard InChI is InChI=1S/C53H68N6O10S3/c1-12-51(7,8)34-23-28-43(40(31-34)52(9,10)13-2)69-30-17-16-29-53(33(3)45(49(54)62)48(61)37-19-14-15-21-39(37)53)59-71(65,66)36-26-24-35(25-27-36)55-56-42-32-44(72(67,68)58-50(4,5)6)47(60)38-20-18-22-41(46(38)42)57-70(11,63)64/h14-15,18-28,31-32,48,57-61H,12-13,16-17,29-30H2,1-11H3,(H2,54,62). The molecule has 0 heterocycles. The van der Waals surface area contributed by atoms with E-state index in [1.54, 1.807) is 52.0 Å². The predicted octanol–water partition coefficient (Wildman–Crippen LogP) is 10.1. The molecule has 5 aromatic carbocycles. The first-order valence-electron chi connectivity index (χ1n) is 23.8. The zero-order valence-electron chi connectivity index (χ0n) is 42.8. The third-order valence-corrected chi connectivity index (χ3v) is 17.5. The molecule has 0 aromatic heterocycles. The van der Waals surface area contributed by atoms with Crippen LogP contribution < -0.4 is 24.6 Å². The number of benzene rings is 5. The largest absolute Gasteiger partial charge is 0.506 e. The van der Waals surface area contributed by atoms with Gasteiger partial charge in [-0.1, -0.05) is 90.1 Å². The zero-order valence-corrected chi connectivity index (χ0v) is 45.3. The van der Waals surface area contributed by atoms with E-state index in [9.17, 15) is 40.3 Å². The lowest BCUT2D eigenvalue weighted by atomic mass is 9.70. The highest BCUT2D eigenvalue weighted by Crippen LogP contribution is 2.48. The lowest BCUT2D eigenvalue weighted by molar-refractivity contribution is -0.115. The van der Waals surface area contributed by atoms with Gasteiger partial charge in [0.25, 0.3) is 0 Å². The first-order chi connectivity index (χ1) is 33.4. The summed E-state index contributed by atoms with van der Waals surface area (Å²) < 4.78 is 95.6. The number of phenols is 1. The number of hydrogen-bond acceptors (Lipinski definition) is 12. The van der Waals surface area contributed by atoms with Crippen LogP contribution in [0.15, 0.2) is 122 Å². The SMILES string of the molecule is CCC(C)(C)c1ccc(OCCCCC2(NS(=O)(=O)c3ccc(N=Nc4cc(S(=O)(=O)NC(C)(C)C)c(O)c5cccc(NS(C)(=O)=O)c45)cc3)C(C)=C(C(N)=O)C(O)c3ccccc32)c(C(C)(C)CC)c1. The number of azo groups is 1. The molecular formula is C53H68N6O10S3. The minimum absolute atomic E-state index is 0.00645. The molecule has 0 bridgehead atoms. The van der Waals surface area contributed by atoms with Gasteiger partial charge in [0.15, 0.2) is 0 Å². The van der Waals surface area contributed by atoms with Crippen LogP contribution in [0.25, 0.3) is 10.8 Å². The van der Waals surface area contributed by atoms with Crippen molar-refractivity contribution in [3.05, 3.63) is 124 Å². The van der Waals surface area contributed by atoms with Crippen LogP contribution in [0.1, 0.15) is 130 Å². The van der Waals surface area contributed by atoms with Crippen LogP contribution in [0.4, 0.5) is 17.1 Å². The Morgan fingerprint density at radius 1 is 0.806 bits per heavy atom. The summed E-state index contributed by atoms with van der Waals surface area (Å²) in [7, 11) is -12.7. The fraction of sp³-hybridized carbons (Fsp3) is 0.415. The molecule has 6 rings (SSSR count). The van der Waals surface area contributed by atoms with E-state index in [1.807, 2.05) is 6.07 Å². The molecule has 0 fully saturated rings. The maximum absolute atomic E-state index is 14.7. The van der Waals surface area contributed by atoms with E-state index in [0.29, 0.717) is 30.6 Å². The van der Waals surface area contributed by atoms with Gasteiger partial charge in [-0.05, 0) is 135 Å². The normalized spacial score (nSPS) is 17.1. The maximum atomic E-state index is 14.7. The van der Waals surface area contributed by atoms with E-state index < -0.39 is 63.8 Å². The van der Waals surface area contributed by atoms with Gasteiger partial charge in [-0.15, -0.1) is 5.11 Å². The van der Waals surface area contributed by atoms with Crippen LogP contribution in [-0.2, 0) is 51.2 Å². The molecule has 2 unspecified atom stereocenters. The number of nitrogens with one attached hydrogen (secondary N) is 3. The van der Waals surface area contributed by atoms with Crippen LogP contribution in [0.3, 0.4) is 0 Å². The van der Waals surface area contributed by atoms with E-state index in [0.717, 1.165) is 36.5 Å². The van der Waals surface area contributed by atoms with Crippen molar-refractivity contribution in [1.82, 2.24) is 9.44 Å². The first kappa shape index (κ1) is 55.6. The second-order valence-corrected chi connectivity index (χ2v) is 25.9. The molecule has 388 valence electrons. The molecule has 0 aliphatic heterocycles. The fourth-order valence-electron chi connectivity index (χ4n) is 8.96. The number of nitrogens with zero attached hydrogens (tertiary/aromatic N) is 2. The van der Waals surface area contributed by atoms with Crippen molar-refractivity contribution in [3.63, 3.8) is 0 Å². The molecule has 1 aliphatic rings. The summed E-state index contributed by atoms with van der Waals surface area (Å²) in [6.07, 6.45) is 2.48. The van der Waals surface area contributed by atoms with Crippen molar-refractivity contribution in [2.75, 3.05) is 17.6 Å². The molecule has 2 atom stereocenters. The number of unbranched alkanes of at least 4 members (excludes halogenated alkanes) is 1. The smallest absolute Gasteiger partial charge is 0.247 e. The number of primary amides is 1. The van der Waals surface area contributed by atoms with Crippen molar-refractivity contribution < 1.29 is 45.0 Å². The highest BCUT2D eigenvalue weighted by molar-refractivity contribution is 7.92. The van der Waals surface area contributed by atoms with Gasteiger partial charge < -0.3 is 20.7 Å². The molecule has 72 heavy (non-hydrogen) atoms. The van der Waals surface area contributed by atoms with Crippen LogP contribution in [0.2, 0.25) is 0 Å².